The molecule has 0 heterocycles. The van der Waals surface area contributed by atoms with E-state index in [-0.39, 0.29) is 21.1 Å². The number of hydrogen-bond acceptors (Lipinski definition) is 4. The van der Waals surface area contributed by atoms with Crippen molar-refractivity contribution in [3.8, 4) is 0 Å². The van der Waals surface area contributed by atoms with Gasteiger partial charge in [-0.1, -0.05) is 39.5 Å². The van der Waals surface area contributed by atoms with Crippen LogP contribution in [0.25, 0.3) is 0 Å². The molecule has 32 heavy (non-hydrogen) atoms. The summed E-state index contributed by atoms with van der Waals surface area (Å²) in [4.78, 5) is 20.0. The Bertz CT molecular complexity index is 326. The zero-order chi connectivity index (χ0) is 24.0. The van der Waals surface area contributed by atoms with Gasteiger partial charge in [0.2, 0.25) is 0 Å². The number of rotatable bonds is 23. The van der Waals surface area contributed by atoms with Crippen LogP contribution in [0.1, 0.15) is 143 Å². The van der Waals surface area contributed by atoms with E-state index in [0.717, 1.165) is 38.5 Å². The summed E-state index contributed by atoms with van der Waals surface area (Å²) in [6.45, 7) is 9.64. The normalized spacial score (nSPS) is 10.5. The Labute approximate surface area is 211 Å². The minimum Gasteiger partial charge on any atom is -0.432 e. The van der Waals surface area contributed by atoms with E-state index in [1.165, 1.54) is 64.2 Å². The average molecular weight is 563 g/mol. The molecule has 0 aromatic rings. The summed E-state index contributed by atoms with van der Waals surface area (Å²) >= 11 is 0.0736. The molecule has 0 atom stereocenters. The van der Waals surface area contributed by atoms with Crippen molar-refractivity contribution in [2.45, 2.75) is 152 Å². The van der Waals surface area contributed by atoms with Gasteiger partial charge < -0.3 is 4.74 Å². The fraction of sp³-hybridized carbons (Fsp3) is 0.963. The number of hydrogen-bond donors (Lipinski definition) is 0. The zero-order valence-electron chi connectivity index (χ0n) is 22.2. The molecule has 0 rings (SSSR count). The van der Waals surface area contributed by atoms with Crippen molar-refractivity contribution in [1.29, 1.82) is 0 Å². The molecule has 0 aromatic heterocycles. The Hall–Kier alpha value is 0.0287. The fourth-order valence-electron chi connectivity index (χ4n) is 3.22. The molecule has 5 heteroatoms. The summed E-state index contributed by atoms with van der Waals surface area (Å²) in [5, 5.41) is 0. The SMILES string of the molecule is CCCCCCC[CH2][Sn][CH2]CCCCCCC.CCCCCOOC(=O)OCCCCC. The second-order valence-corrected chi connectivity index (χ2v) is 13.0. The molecular weight excluding hydrogens is 507 g/mol. The summed E-state index contributed by atoms with van der Waals surface area (Å²) in [5.74, 6) is 0. The van der Waals surface area contributed by atoms with Gasteiger partial charge in [-0.25, -0.2) is 4.79 Å². The second-order valence-electron chi connectivity index (χ2n) is 8.70. The van der Waals surface area contributed by atoms with Gasteiger partial charge in [0, 0.05) is 0 Å². The van der Waals surface area contributed by atoms with E-state index < -0.39 is 6.16 Å². The third-order valence-electron chi connectivity index (χ3n) is 5.34. The zero-order valence-corrected chi connectivity index (χ0v) is 25.0. The predicted octanol–water partition coefficient (Wildman–Crippen LogP) is 9.70. The monoisotopic (exact) mass is 564 g/mol. The first kappa shape index (κ1) is 34.2. The van der Waals surface area contributed by atoms with Crippen LogP contribution in [0, 0.1) is 0 Å². The summed E-state index contributed by atoms with van der Waals surface area (Å²) in [6.07, 6.45) is 23.2. The van der Waals surface area contributed by atoms with Crippen LogP contribution in [-0.2, 0) is 14.5 Å². The van der Waals surface area contributed by atoms with Crippen molar-refractivity contribution in [1.82, 2.24) is 0 Å². The van der Waals surface area contributed by atoms with E-state index in [0.29, 0.717) is 13.2 Å². The van der Waals surface area contributed by atoms with E-state index in [1.54, 1.807) is 21.7 Å². The van der Waals surface area contributed by atoms with Crippen molar-refractivity contribution in [3.05, 3.63) is 0 Å². The Morgan fingerprint density at radius 3 is 1.44 bits per heavy atom. The Kier molecular flexibility index (Phi) is 35.5. The van der Waals surface area contributed by atoms with Gasteiger partial charge in [0.15, 0.2) is 0 Å². The number of carbonyl (C=O) groups is 1. The summed E-state index contributed by atoms with van der Waals surface area (Å²) in [7, 11) is 0. The molecule has 0 saturated heterocycles. The van der Waals surface area contributed by atoms with Gasteiger partial charge in [-0.05, 0) is 12.8 Å². The Morgan fingerprint density at radius 2 is 0.938 bits per heavy atom. The van der Waals surface area contributed by atoms with Crippen LogP contribution in [0.3, 0.4) is 0 Å². The summed E-state index contributed by atoms with van der Waals surface area (Å²) < 4.78 is 8.08. The van der Waals surface area contributed by atoms with Gasteiger partial charge in [0.1, 0.15) is 0 Å². The molecule has 0 bridgehead atoms. The van der Waals surface area contributed by atoms with E-state index >= 15 is 0 Å². The molecule has 0 saturated carbocycles. The second kappa shape index (κ2) is 33.2. The van der Waals surface area contributed by atoms with Gasteiger partial charge in [-0.3, -0.25) is 4.89 Å². The summed E-state index contributed by atoms with van der Waals surface area (Å²) in [5.41, 5.74) is 0. The minimum absolute atomic E-state index is 0.0736. The third-order valence-corrected chi connectivity index (χ3v) is 9.38. The van der Waals surface area contributed by atoms with E-state index in [1.807, 2.05) is 0 Å². The summed E-state index contributed by atoms with van der Waals surface area (Å²) in [6, 6.07) is 0. The van der Waals surface area contributed by atoms with E-state index in [2.05, 4.69) is 37.5 Å². The van der Waals surface area contributed by atoms with E-state index in [9.17, 15) is 4.79 Å². The van der Waals surface area contributed by atoms with Gasteiger partial charge in [-0.15, -0.1) is 0 Å². The van der Waals surface area contributed by atoms with Crippen LogP contribution in [0.5, 0.6) is 0 Å². The van der Waals surface area contributed by atoms with Gasteiger partial charge >= 0.3 is 127 Å². The van der Waals surface area contributed by atoms with Crippen molar-refractivity contribution >= 4 is 27.3 Å². The number of unbranched alkanes of at least 4 members (excludes halogenated alkanes) is 14. The molecule has 0 fully saturated rings. The van der Waals surface area contributed by atoms with Crippen LogP contribution in [-0.4, -0.2) is 40.5 Å². The molecule has 0 unspecified atom stereocenters. The Balaban J connectivity index is 0. The van der Waals surface area contributed by atoms with Gasteiger partial charge in [-0.2, -0.15) is 4.89 Å². The average Bonchev–Trinajstić information content (AvgIpc) is 2.80. The van der Waals surface area contributed by atoms with Crippen LogP contribution < -0.4 is 0 Å². The van der Waals surface area contributed by atoms with E-state index in [4.69, 9.17) is 4.74 Å². The molecule has 0 spiro atoms. The minimum atomic E-state index is -0.734. The molecule has 0 aliphatic rings. The standard InChI is InChI=1S/C11H22O4.2C8H17.Sn/c1-3-5-7-9-13-11(12)15-14-10-8-6-4-2;2*1-3-5-7-8-6-4-2;/h3-10H2,1-2H3;2*1,3-8H2,2H3;. The van der Waals surface area contributed by atoms with Gasteiger partial charge in [0.05, 0.1) is 13.2 Å². The first-order valence-electron chi connectivity index (χ1n) is 13.9. The van der Waals surface area contributed by atoms with Crippen LogP contribution in [0.15, 0.2) is 0 Å². The molecule has 0 aliphatic heterocycles. The van der Waals surface area contributed by atoms with Crippen molar-refractivity contribution in [3.63, 3.8) is 0 Å². The smallest absolute Gasteiger partial charge is 0.432 e. The molecule has 192 valence electrons. The molecular formula is C27H56O4Sn. The maximum Gasteiger partial charge on any atom is 0.540 e. The van der Waals surface area contributed by atoms with Crippen LogP contribution >= 0.6 is 0 Å². The number of carbonyl (C=O) groups excluding carboxylic acids is 1. The topological polar surface area (TPSA) is 44.8 Å². The predicted molar refractivity (Wildman–Crippen MR) is 140 cm³/mol. The Morgan fingerprint density at radius 1 is 0.531 bits per heavy atom. The molecule has 0 N–H and O–H groups in total. The molecule has 4 nitrogen and oxygen atoms in total. The van der Waals surface area contributed by atoms with Crippen LogP contribution in [0.2, 0.25) is 8.87 Å². The first-order chi connectivity index (χ1) is 15.7. The molecule has 0 aliphatic carbocycles. The molecule has 2 radical (unpaired) electrons. The quantitative estimate of drug-likeness (QED) is 0.0408. The maximum atomic E-state index is 10.9. The van der Waals surface area contributed by atoms with Crippen molar-refractivity contribution in [2.75, 3.05) is 13.2 Å². The first-order valence-corrected chi connectivity index (χ1v) is 17.9. The molecule has 0 aromatic carbocycles. The largest absolute Gasteiger partial charge is 0.540 e. The van der Waals surface area contributed by atoms with Crippen LogP contribution in [0.4, 0.5) is 4.79 Å². The maximum absolute atomic E-state index is 10.9. The number of ether oxygens (including phenoxy) is 1. The molecule has 0 amide bonds. The van der Waals surface area contributed by atoms with Crippen molar-refractivity contribution < 1.29 is 19.3 Å². The van der Waals surface area contributed by atoms with Gasteiger partial charge in [0.25, 0.3) is 0 Å². The third kappa shape index (κ3) is 34.6. The fourth-order valence-corrected chi connectivity index (χ4v) is 6.79. The van der Waals surface area contributed by atoms with Crippen molar-refractivity contribution in [2.24, 2.45) is 0 Å².